The number of hydrogen-bond acceptors (Lipinski definition) is 11. The van der Waals surface area contributed by atoms with Gasteiger partial charge >= 0.3 is 12.2 Å². The van der Waals surface area contributed by atoms with Crippen LogP contribution in [0.5, 0.6) is 5.88 Å². The summed E-state index contributed by atoms with van der Waals surface area (Å²) in [5, 5.41) is 21.0. The molecule has 2 aromatic carbocycles. The number of nitrogens with zero attached hydrogens (tertiary/aromatic N) is 7. The first-order chi connectivity index (χ1) is 27.7. The number of benzene rings is 2. The van der Waals surface area contributed by atoms with Crippen molar-refractivity contribution in [1.82, 2.24) is 34.3 Å². The lowest BCUT2D eigenvalue weighted by Gasteiger charge is -2.33. The van der Waals surface area contributed by atoms with E-state index in [2.05, 4.69) is 42.7 Å². The molecule has 15 nitrogen and oxygen atoms in total. The molecule has 58 heavy (non-hydrogen) atoms. The number of aryl methyl sites for hydroxylation is 1. The van der Waals surface area contributed by atoms with Gasteiger partial charge in [0.15, 0.2) is 5.82 Å². The number of imide groups is 1. The number of piperidine rings is 2. The highest BCUT2D eigenvalue weighted by Crippen LogP contribution is 2.38. The summed E-state index contributed by atoms with van der Waals surface area (Å²) < 4.78 is 77.4. The molecule has 2 atom stereocenters. The highest BCUT2D eigenvalue weighted by atomic mass is 32.2. The lowest BCUT2D eigenvalue weighted by molar-refractivity contribution is -0.140. The van der Waals surface area contributed by atoms with E-state index in [1.165, 1.54) is 14.8 Å². The minimum atomic E-state index is -4.74. The number of anilines is 2. The number of nitrogens with one attached hydrogen (secondary N) is 2. The number of carbonyl (C=O) groups is 2. The molecule has 3 amide bonds. The smallest absolute Gasteiger partial charge is 0.423 e. The molecule has 3 saturated heterocycles. The number of aliphatic hydroxyl groups excluding tert-OH is 1. The Bertz CT molecular complexity index is 2290. The molecule has 1 aliphatic carbocycles. The number of fused-ring (bicyclic) bond motifs is 1. The number of ether oxygens (including phenoxy) is 1. The summed E-state index contributed by atoms with van der Waals surface area (Å²) in [6, 6.07) is 12.5. The van der Waals surface area contributed by atoms with Gasteiger partial charge in [0.05, 0.1) is 16.5 Å². The second-order valence-corrected chi connectivity index (χ2v) is 17.5. The van der Waals surface area contributed by atoms with E-state index in [9.17, 15) is 36.3 Å². The molecule has 4 aliphatic rings. The first-order valence-electron chi connectivity index (χ1n) is 19.7. The van der Waals surface area contributed by atoms with E-state index < -0.39 is 45.9 Å². The molecule has 0 unspecified atom stereocenters. The summed E-state index contributed by atoms with van der Waals surface area (Å²) >= 11 is 0. The normalized spacial score (nSPS) is 22.1. The molecular weight excluding hydrogens is 780 g/mol. The van der Waals surface area contributed by atoms with Gasteiger partial charge in [0.25, 0.3) is 0 Å². The van der Waals surface area contributed by atoms with Gasteiger partial charge in [-0.3, -0.25) is 24.6 Å². The number of likely N-dealkylation sites (tertiary alicyclic amines) is 1. The van der Waals surface area contributed by atoms with Gasteiger partial charge in [-0.1, -0.05) is 18.2 Å². The van der Waals surface area contributed by atoms with Crippen LogP contribution in [0, 0.1) is 0 Å². The van der Waals surface area contributed by atoms with E-state index in [0.29, 0.717) is 56.6 Å². The van der Waals surface area contributed by atoms with Crippen molar-refractivity contribution in [2.75, 3.05) is 42.9 Å². The predicted octanol–water partition coefficient (Wildman–Crippen LogP) is 4.77. The first-order valence-corrected chi connectivity index (χ1v) is 21.1. The largest absolute Gasteiger partial charge is 0.471 e. The van der Waals surface area contributed by atoms with Crippen LogP contribution >= 0.6 is 0 Å². The van der Waals surface area contributed by atoms with E-state index >= 15 is 0 Å². The monoisotopic (exact) mass is 825 g/mol. The molecule has 0 radical (unpaired) electrons. The maximum atomic E-state index is 13.8. The van der Waals surface area contributed by atoms with Crippen LogP contribution < -0.4 is 20.3 Å². The van der Waals surface area contributed by atoms with Gasteiger partial charge in [0.1, 0.15) is 11.7 Å². The van der Waals surface area contributed by atoms with E-state index in [4.69, 9.17) is 4.74 Å². The average molecular weight is 826 g/mol. The van der Waals surface area contributed by atoms with Crippen LogP contribution in [0.4, 0.5) is 29.7 Å². The second kappa shape index (κ2) is 16.1. The van der Waals surface area contributed by atoms with Gasteiger partial charge in [0, 0.05) is 57.3 Å². The van der Waals surface area contributed by atoms with Gasteiger partial charge in [-0.2, -0.15) is 27.6 Å². The zero-order chi connectivity index (χ0) is 40.8. The maximum Gasteiger partial charge on any atom is 0.423 e. The molecule has 8 rings (SSSR count). The van der Waals surface area contributed by atoms with Gasteiger partial charge in [0.2, 0.25) is 27.8 Å². The zero-order valence-electron chi connectivity index (χ0n) is 32.0. The second-order valence-electron chi connectivity index (χ2n) is 15.6. The number of carbonyl (C=O) groups excluding carboxylic acids is 2. The van der Waals surface area contributed by atoms with Gasteiger partial charge in [-0.25, -0.2) is 18.2 Å². The molecule has 3 aliphatic heterocycles. The van der Waals surface area contributed by atoms with Crippen LogP contribution in [0.2, 0.25) is 0 Å². The van der Waals surface area contributed by atoms with E-state index in [0.717, 1.165) is 42.4 Å². The molecule has 2 aromatic heterocycles. The number of urea groups is 1. The Morgan fingerprint density at radius 2 is 1.76 bits per heavy atom. The summed E-state index contributed by atoms with van der Waals surface area (Å²) in [6.45, 7) is 2.95. The standard InChI is InChI=1S/C39H46F3N9O6S/c1-48-31-21-26(8-9-29(31)35(47-48)51-19-14-34(53)45-38(51)54)25-10-15-49(16-11-25)23-24-4-2-5-28(20-24)58(55,56)50-17-12-27(13-18-50)44-37-43-22-30(39(40,41)42)36(46-37)57-33-7-3-6-32(33)52/h2,4-5,8-9,20-22,25,27,32-33,52H,3,6-7,10-19,23H2,1H3,(H,43,44,46)(H,45,53,54)/t32-,33+/m0/s1. The van der Waals surface area contributed by atoms with Crippen LogP contribution in [0.25, 0.3) is 10.9 Å². The number of aliphatic hydroxyl groups is 1. The Morgan fingerprint density at radius 1 is 0.983 bits per heavy atom. The average Bonchev–Trinajstić information content (AvgIpc) is 3.75. The molecule has 19 heteroatoms. The fourth-order valence-electron chi connectivity index (χ4n) is 8.44. The van der Waals surface area contributed by atoms with Crippen molar-refractivity contribution in [3.05, 3.63) is 65.4 Å². The molecule has 4 fully saturated rings. The van der Waals surface area contributed by atoms with Crippen molar-refractivity contribution in [3.8, 4) is 5.88 Å². The molecular formula is C39H46F3N9O6S. The van der Waals surface area contributed by atoms with Crippen molar-refractivity contribution in [1.29, 1.82) is 0 Å². The molecule has 1 saturated carbocycles. The Hall–Kier alpha value is -4.85. The topological polar surface area (TPSA) is 175 Å². The number of amides is 3. The van der Waals surface area contributed by atoms with Gasteiger partial charge in [-0.15, -0.1) is 0 Å². The summed E-state index contributed by atoms with van der Waals surface area (Å²) in [5.41, 5.74) is 1.88. The third-order valence-electron chi connectivity index (χ3n) is 11.7. The number of aromatic nitrogens is 4. The molecule has 5 heterocycles. The summed E-state index contributed by atoms with van der Waals surface area (Å²) in [6.07, 6.45) is -1.38. The highest BCUT2D eigenvalue weighted by molar-refractivity contribution is 7.89. The lowest BCUT2D eigenvalue weighted by Crippen LogP contribution is -2.49. The number of rotatable bonds is 10. The third kappa shape index (κ3) is 8.35. The van der Waals surface area contributed by atoms with Gasteiger partial charge < -0.3 is 15.2 Å². The number of sulfonamides is 1. The predicted molar refractivity (Wildman–Crippen MR) is 207 cm³/mol. The third-order valence-corrected chi connectivity index (χ3v) is 13.6. The lowest BCUT2D eigenvalue weighted by atomic mass is 9.89. The Kier molecular flexibility index (Phi) is 11.1. The fraction of sp³-hybridized carbons (Fsp3) is 0.513. The molecule has 0 spiro atoms. The van der Waals surface area contributed by atoms with E-state index in [1.54, 1.807) is 22.9 Å². The van der Waals surface area contributed by atoms with Gasteiger partial charge in [-0.05, 0) is 99.3 Å². The number of hydrogen-bond donors (Lipinski definition) is 3. The van der Waals surface area contributed by atoms with Crippen molar-refractivity contribution in [2.45, 2.75) is 93.2 Å². The summed E-state index contributed by atoms with van der Waals surface area (Å²) in [4.78, 5) is 36.1. The van der Waals surface area contributed by atoms with Crippen LogP contribution in [-0.2, 0) is 34.6 Å². The minimum Gasteiger partial charge on any atom is -0.471 e. The molecule has 3 N–H and O–H groups in total. The number of halogens is 3. The van der Waals surface area contributed by atoms with Crippen LogP contribution in [0.15, 0.2) is 53.6 Å². The molecule has 310 valence electrons. The zero-order valence-corrected chi connectivity index (χ0v) is 32.8. The Balaban J connectivity index is 0.852. The van der Waals surface area contributed by atoms with E-state index in [-0.39, 0.29) is 48.8 Å². The minimum absolute atomic E-state index is 0.0537. The molecule has 0 bridgehead atoms. The first kappa shape index (κ1) is 40.0. The quantitative estimate of drug-likeness (QED) is 0.201. The fourth-order valence-corrected chi connectivity index (χ4v) is 9.98. The van der Waals surface area contributed by atoms with Crippen molar-refractivity contribution >= 4 is 44.6 Å². The highest BCUT2D eigenvalue weighted by Gasteiger charge is 2.39. The van der Waals surface area contributed by atoms with Crippen molar-refractivity contribution in [2.24, 2.45) is 7.05 Å². The number of alkyl halides is 3. The SMILES string of the molecule is Cn1nc(N2CCC(=O)NC2=O)c2ccc(C3CCN(Cc4cccc(S(=O)(=O)N5CCC(Nc6ncc(C(F)(F)F)c(O[C@@H]7CCC[C@@H]7O)n6)CC5)c4)CC3)cc21. The summed E-state index contributed by atoms with van der Waals surface area (Å²) in [7, 11) is -1.96. The van der Waals surface area contributed by atoms with E-state index in [1.807, 2.05) is 19.2 Å². The Morgan fingerprint density at radius 3 is 2.47 bits per heavy atom. The maximum absolute atomic E-state index is 13.8. The molecule has 4 aromatic rings. The van der Waals surface area contributed by atoms with Crippen molar-refractivity contribution in [3.63, 3.8) is 0 Å². The van der Waals surface area contributed by atoms with Crippen molar-refractivity contribution < 1.29 is 41.0 Å². The van der Waals surface area contributed by atoms with Crippen LogP contribution in [0.1, 0.15) is 74.0 Å². The van der Waals surface area contributed by atoms with Crippen LogP contribution in [0.3, 0.4) is 0 Å². The summed E-state index contributed by atoms with van der Waals surface area (Å²) in [5.74, 6) is -0.125. The Labute approximate surface area is 333 Å². The van der Waals surface area contributed by atoms with Crippen LogP contribution in [-0.4, -0.2) is 105 Å².